The zero-order valence-electron chi connectivity index (χ0n) is 8.33. The number of hydrogen-bond donors (Lipinski definition) is 1. The molecule has 3 heteroatoms. The van der Waals surface area contributed by atoms with Crippen molar-refractivity contribution in [3.05, 3.63) is 29.6 Å². The molecule has 0 saturated heterocycles. The van der Waals surface area contributed by atoms with Gasteiger partial charge in [0.25, 0.3) is 0 Å². The van der Waals surface area contributed by atoms with Gasteiger partial charge in [-0.15, -0.1) is 0 Å². The van der Waals surface area contributed by atoms with Gasteiger partial charge in [-0.2, -0.15) is 0 Å². The summed E-state index contributed by atoms with van der Waals surface area (Å²) in [6.45, 7) is 1.62. The van der Waals surface area contributed by atoms with Gasteiger partial charge in [-0.3, -0.25) is 0 Å². The lowest BCUT2D eigenvalue weighted by atomic mass is 9.98. The number of anilines is 1. The Morgan fingerprint density at radius 1 is 1.57 bits per heavy atom. The Labute approximate surface area is 83.5 Å². The van der Waals surface area contributed by atoms with Crippen LogP contribution in [-0.2, 0) is 0 Å². The molecule has 0 spiro atoms. The average molecular weight is 194 g/mol. The van der Waals surface area contributed by atoms with Gasteiger partial charge in [-0.05, 0) is 36.7 Å². The Hall–Kier alpha value is -1.09. The fraction of sp³-hybridized carbons (Fsp3) is 0.455. The lowest BCUT2D eigenvalue weighted by Crippen LogP contribution is -2.16. The van der Waals surface area contributed by atoms with E-state index in [4.69, 9.17) is 5.73 Å². The predicted molar refractivity (Wildman–Crippen MR) is 56.1 cm³/mol. The minimum Gasteiger partial charge on any atom is -0.374 e. The lowest BCUT2D eigenvalue weighted by Gasteiger charge is -2.11. The molecular weight excluding hydrogens is 179 g/mol. The van der Waals surface area contributed by atoms with Crippen molar-refractivity contribution in [1.29, 1.82) is 0 Å². The summed E-state index contributed by atoms with van der Waals surface area (Å²) >= 11 is 0. The summed E-state index contributed by atoms with van der Waals surface area (Å²) in [4.78, 5) is 2.16. The van der Waals surface area contributed by atoms with Crippen LogP contribution in [0.25, 0.3) is 0 Å². The molecule has 2 nitrogen and oxygen atoms in total. The third-order valence-corrected chi connectivity index (χ3v) is 2.85. The van der Waals surface area contributed by atoms with Crippen molar-refractivity contribution in [2.45, 2.75) is 12.3 Å². The van der Waals surface area contributed by atoms with E-state index in [-0.39, 0.29) is 5.82 Å². The van der Waals surface area contributed by atoms with Crippen molar-refractivity contribution >= 4 is 5.69 Å². The summed E-state index contributed by atoms with van der Waals surface area (Å²) < 4.78 is 13.1. The molecule has 1 aromatic rings. The van der Waals surface area contributed by atoms with Gasteiger partial charge in [0.2, 0.25) is 0 Å². The summed E-state index contributed by atoms with van der Waals surface area (Å²) in [7, 11) is 2.03. The van der Waals surface area contributed by atoms with E-state index in [0.29, 0.717) is 12.5 Å². The van der Waals surface area contributed by atoms with Gasteiger partial charge in [0.05, 0.1) is 0 Å². The quantitative estimate of drug-likeness (QED) is 0.776. The molecule has 2 N–H and O–H groups in total. The topological polar surface area (TPSA) is 29.3 Å². The minimum atomic E-state index is -0.152. The average Bonchev–Trinajstić information content (AvgIpc) is 2.44. The van der Waals surface area contributed by atoms with Crippen LogP contribution in [-0.4, -0.2) is 20.1 Å². The number of nitrogens with two attached hydrogens (primary N) is 1. The Morgan fingerprint density at radius 3 is 3.07 bits per heavy atom. The summed E-state index contributed by atoms with van der Waals surface area (Å²) in [6, 6.07) is 5.00. The van der Waals surface area contributed by atoms with Crippen LogP contribution in [0.15, 0.2) is 18.2 Å². The number of likely N-dealkylation sites (N-methyl/N-ethyl adjacent to an activating group) is 1. The summed E-state index contributed by atoms with van der Waals surface area (Å²) in [5, 5.41) is 0. The summed E-state index contributed by atoms with van der Waals surface area (Å²) in [6.07, 6.45) is 0.931. The van der Waals surface area contributed by atoms with Crippen molar-refractivity contribution < 1.29 is 4.39 Å². The van der Waals surface area contributed by atoms with Crippen molar-refractivity contribution in [3.8, 4) is 0 Å². The van der Waals surface area contributed by atoms with Crippen LogP contribution in [0.3, 0.4) is 0 Å². The standard InChI is InChI=1S/C11H15FN2/c1-14-7-8(4-5-13)10-6-9(12)2-3-11(10)14/h2-3,6,8H,4-5,7,13H2,1H3. The first-order valence-corrected chi connectivity index (χ1v) is 4.93. The highest BCUT2D eigenvalue weighted by molar-refractivity contribution is 5.59. The second-order valence-electron chi connectivity index (χ2n) is 3.86. The third-order valence-electron chi connectivity index (χ3n) is 2.85. The lowest BCUT2D eigenvalue weighted by molar-refractivity contribution is 0.617. The van der Waals surface area contributed by atoms with Crippen LogP contribution < -0.4 is 10.6 Å². The summed E-state index contributed by atoms with van der Waals surface area (Å²) in [5.41, 5.74) is 7.79. The van der Waals surface area contributed by atoms with Gasteiger partial charge in [0, 0.05) is 25.2 Å². The van der Waals surface area contributed by atoms with Gasteiger partial charge < -0.3 is 10.6 Å². The van der Waals surface area contributed by atoms with Gasteiger partial charge in [-0.25, -0.2) is 4.39 Å². The van der Waals surface area contributed by atoms with Crippen molar-refractivity contribution in [2.24, 2.45) is 5.73 Å². The molecule has 0 bridgehead atoms. The van der Waals surface area contributed by atoms with Gasteiger partial charge >= 0.3 is 0 Å². The Morgan fingerprint density at radius 2 is 2.36 bits per heavy atom. The molecule has 1 aliphatic heterocycles. The second-order valence-corrected chi connectivity index (χ2v) is 3.86. The maximum Gasteiger partial charge on any atom is 0.123 e. The highest BCUT2D eigenvalue weighted by Crippen LogP contribution is 2.37. The molecule has 0 saturated carbocycles. The Kier molecular flexibility index (Phi) is 2.42. The predicted octanol–water partition coefficient (Wildman–Crippen LogP) is 1.71. The van der Waals surface area contributed by atoms with Crippen LogP contribution in [0.2, 0.25) is 0 Å². The number of benzene rings is 1. The van der Waals surface area contributed by atoms with Crippen LogP contribution in [0.1, 0.15) is 17.9 Å². The van der Waals surface area contributed by atoms with Gasteiger partial charge in [-0.1, -0.05) is 0 Å². The third kappa shape index (κ3) is 1.48. The number of hydrogen-bond acceptors (Lipinski definition) is 2. The number of halogens is 1. The molecule has 0 aliphatic carbocycles. The van der Waals surface area contributed by atoms with E-state index < -0.39 is 0 Å². The largest absolute Gasteiger partial charge is 0.374 e. The fourth-order valence-corrected chi connectivity index (χ4v) is 2.18. The molecule has 0 aromatic heterocycles. The van der Waals surface area contributed by atoms with E-state index in [1.807, 2.05) is 13.1 Å². The minimum absolute atomic E-state index is 0.152. The summed E-state index contributed by atoms with van der Waals surface area (Å²) in [5.74, 6) is 0.247. The van der Waals surface area contributed by atoms with Crippen LogP contribution >= 0.6 is 0 Å². The molecular formula is C11H15FN2. The first-order valence-electron chi connectivity index (χ1n) is 4.93. The highest BCUT2D eigenvalue weighted by Gasteiger charge is 2.25. The molecule has 0 radical (unpaired) electrons. The first kappa shape index (κ1) is 9.46. The van der Waals surface area contributed by atoms with Crippen molar-refractivity contribution in [3.63, 3.8) is 0 Å². The number of fused-ring (bicyclic) bond motifs is 1. The Balaban J connectivity index is 2.35. The van der Waals surface area contributed by atoms with Crippen LogP contribution in [0.5, 0.6) is 0 Å². The molecule has 1 heterocycles. The zero-order valence-corrected chi connectivity index (χ0v) is 8.33. The highest BCUT2D eigenvalue weighted by atomic mass is 19.1. The van der Waals surface area contributed by atoms with Gasteiger partial charge in [0.1, 0.15) is 5.82 Å². The SMILES string of the molecule is CN1CC(CCN)c2cc(F)ccc21. The number of rotatable bonds is 2. The molecule has 1 unspecified atom stereocenters. The smallest absolute Gasteiger partial charge is 0.123 e. The van der Waals surface area contributed by atoms with E-state index in [1.54, 1.807) is 6.07 Å². The van der Waals surface area contributed by atoms with E-state index in [9.17, 15) is 4.39 Å². The molecule has 1 aromatic carbocycles. The maximum atomic E-state index is 13.1. The normalized spacial score (nSPS) is 19.9. The van der Waals surface area contributed by atoms with E-state index in [0.717, 1.165) is 24.2 Å². The van der Waals surface area contributed by atoms with E-state index in [1.165, 1.54) is 6.07 Å². The van der Waals surface area contributed by atoms with Crippen molar-refractivity contribution in [1.82, 2.24) is 0 Å². The van der Waals surface area contributed by atoms with Crippen molar-refractivity contribution in [2.75, 3.05) is 25.0 Å². The molecule has 1 aliphatic rings. The molecule has 0 fully saturated rings. The van der Waals surface area contributed by atoms with Crippen LogP contribution in [0, 0.1) is 5.82 Å². The fourth-order valence-electron chi connectivity index (χ4n) is 2.18. The van der Waals surface area contributed by atoms with E-state index >= 15 is 0 Å². The Bertz CT molecular complexity index is 338. The van der Waals surface area contributed by atoms with E-state index in [2.05, 4.69) is 4.90 Å². The molecule has 2 rings (SSSR count). The molecule has 76 valence electrons. The molecule has 0 amide bonds. The molecule has 1 atom stereocenters. The molecule has 14 heavy (non-hydrogen) atoms. The maximum absolute atomic E-state index is 13.1. The van der Waals surface area contributed by atoms with Gasteiger partial charge in [0.15, 0.2) is 0 Å². The monoisotopic (exact) mass is 194 g/mol. The zero-order chi connectivity index (χ0) is 10.1. The first-order chi connectivity index (χ1) is 6.72. The number of nitrogens with zero attached hydrogens (tertiary/aromatic N) is 1. The second kappa shape index (κ2) is 3.58. The van der Waals surface area contributed by atoms with Crippen LogP contribution in [0.4, 0.5) is 10.1 Å².